The van der Waals surface area contributed by atoms with Gasteiger partial charge in [0.1, 0.15) is 6.10 Å². The Labute approximate surface area is 191 Å². The second kappa shape index (κ2) is 22.1. The van der Waals surface area contributed by atoms with Gasteiger partial charge in [0.2, 0.25) is 0 Å². The zero-order valence-corrected chi connectivity index (χ0v) is 21.0. The molecule has 0 radical (unpaired) electrons. The molecule has 0 aromatic rings. The minimum atomic E-state index is -0.313. The van der Waals surface area contributed by atoms with E-state index in [0.717, 1.165) is 24.3 Å². The van der Waals surface area contributed by atoms with Gasteiger partial charge in [0.25, 0.3) is 5.91 Å². The van der Waals surface area contributed by atoms with Gasteiger partial charge in [0.15, 0.2) is 6.23 Å². The van der Waals surface area contributed by atoms with Crippen LogP contribution in [0.25, 0.3) is 0 Å². The van der Waals surface area contributed by atoms with Gasteiger partial charge in [-0.2, -0.15) is 0 Å². The molecular weight excluding hydrogens is 394 g/mol. The summed E-state index contributed by atoms with van der Waals surface area (Å²) in [6.45, 7) is 10.3. The van der Waals surface area contributed by atoms with Crippen molar-refractivity contribution >= 4 is 11.9 Å². The molecule has 1 amide bonds. The highest BCUT2D eigenvalue weighted by Gasteiger charge is 2.51. The number of amides is 1. The molecule has 2 aliphatic rings. The molecule has 2 unspecified atom stereocenters. The maximum atomic E-state index is 11.9. The van der Waals surface area contributed by atoms with Crippen LogP contribution in [0, 0.1) is 0 Å². The van der Waals surface area contributed by atoms with Gasteiger partial charge in [0.05, 0.1) is 0 Å². The first-order valence-corrected chi connectivity index (χ1v) is 12.9. The number of carbonyl (C=O) groups is 2. The van der Waals surface area contributed by atoms with E-state index in [4.69, 9.17) is 9.57 Å². The average molecular weight is 446 g/mol. The standard InChI is InChI=1S/C21H37NO4.2C2H6.H2O/c1-2-3-4-5-6-7-8-9-10-11-12-13-14-15-20(24)26-22-19(23)17-16-18-21(22)25-18;2*1-2;/h18,21H,2-17H2,1H3;2*1-2H3;1H2. The predicted molar refractivity (Wildman–Crippen MR) is 127 cm³/mol. The molecule has 2 aliphatic heterocycles. The number of piperidine rings is 1. The van der Waals surface area contributed by atoms with E-state index in [9.17, 15) is 9.59 Å². The zero-order valence-electron chi connectivity index (χ0n) is 21.0. The summed E-state index contributed by atoms with van der Waals surface area (Å²) in [6, 6.07) is 0. The monoisotopic (exact) mass is 445 g/mol. The number of carbonyl (C=O) groups excluding carboxylic acids is 2. The molecule has 6 heteroatoms. The van der Waals surface area contributed by atoms with E-state index in [2.05, 4.69) is 6.92 Å². The van der Waals surface area contributed by atoms with Crippen molar-refractivity contribution in [3.05, 3.63) is 0 Å². The zero-order chi connectivity index (χ0) is 22.6. The molecule has 2 rings (SSSR count). The number of hydrogen-bond donors (Lipinski definition) is 0. The fourth-order valence-electron chi connectivity index (χ4n) is 3.61. The van der Waals surface area contributed by atoms with Crippen molar-refractivity contribution in [2.45, 2.75) is 150 Å². The Kier molecular flexibility index (Phi) is 22.8. The molecule has 2 fully saturated rings. The van der Waals surface area contributed by atoms with Crippen LogP contribution in [-0.4, -0.2) is 34.7 Å². The van der Waals surface area contributed by atoms with Gasteiger partial charge in [-0.15, -0.1) is 5.06 Å². The molecule has 0 saturated carbocycles. The van der Waals surface area contributed by atoms with Crippen molar-refractivity contribution in [1.29, 1.82) is 0 Å². The average Bonchev–Trinajstić information content (AvgIpc) is 3.56. The number of ether oxygens (including phenoxy) is 1. The van der Waals surface area contributed by atoms with Crippen LogP contribution >= 0.6 is 0 Å². The van der Waals surface area contributed by atoms with Gasteiger partial charge >= 0.3 is 5.97 Å². The molecular formula is C25H51NO5. The van der Waals surface area contributed by atoms with Gasteiger partial charge in [-0.3, -0.25) is 4.79 Å². The molecule has 2 heterocycles. The lowest BCUT2D eigenvalue weighted by atomic mass is 10.0. The van der Waals surface area contributed by atoms with E-state index < -0.39 is 0 Å². The number of unbranched alkanes of at least 4 members (excludes halogenated alkanes) is 12. The van der Waals surface area contributed by atoms with Crippen LogP contribution in [0.4, 0.5) is 0 Å². The molecule has 0 spiro atoms. The van der Waals surface area contributed by atoms with Gasteiger partial charge in [-0.05, 0) is 12.8 Å². The van der Waals surface area contributed by atoms with E-state index in [1.165, 1.54) is 70.6 Å². The summed E-state index contributed by atoms with van der Waals surface area (Å²) in [5.74, 6) is -0.444. The molecule has 0 bridgehead atoms. The number of hydroxylamine groups is 2. The summed E-state index contributed by atoms with van der Waals surface area (Å²) in [6.07, 6.45) is 18.0. The molecule has 2 N–H and O–H groups in total. The first kappa shape index (κ1) is 32.0. The minimum absolute atomic E-state index is 0. The Morgan fingerprint density at radius 3 is 1.81 bits per heavy atom. The van der Waals surface area contributed by atoms with E-state index in [1.807, 2.05) is 27.7 Å². The third-order valence-corrected chi connectivity index (χ3v) is 5.36. The maximum Gasteiger partial charge on any atom is 0.332 e. The Hall–Kier alpha value is -1.14. The predicted octanol–water partition coefficient (Wildman–Crippen LogP) is 6.50. The summed E-state index contributed by atoms with van der Waals surface area (Å²) in [4.78, 5) is 28.8. The number of nitrogens with zero attached hydrogens (tertiary/aromatic N) is 1. The van der Waals surface area contributed by atoms with Crippen LogP contribution in [-0.2, 0) is 19.2 Å². The Morgan fingerprint density at radius 2 is 1.32 bits per heavy atom. The van der Waals surface area contributed by atoms with Gasteiger partial charge in [-0.1, -0.05) is 112 Å². The van der Waals surface area contributed by atoms with Gasteiger partial charge in [-0.25, -0.2) is 4.79 Å². The van der Waals surface area contributed by atoms with Crippen molar-refractivity contribution in [2.75, 3.05) is 0 Å². The largest absolute Gasteiger partial charge is 0.412 e. The Balaban J connectivity index is 0. The molecule has 0 aromatic carbocycles. The lowest BCUT2D eigenvalue weighted by Crippen LogP contribution is -2.39. The fraction of sp³-hybridized carbons (Fsp3) is 0.920. The van der Waals surface area contributed by atoms with Crippen LogP contribution in [0.5, 0.6) is 0 Å². The normalized spacial score (nSPS) is 18.5. The summed E-state index contributed by atoms with van der Waals surface area (Å²) >= 11 is 0. The summed E-state index contributed by atoms with van der Waals surface area (Å²) in [5.41, 5.74) is 0. The quantitative estimate of drug-likeness (QED) is 0.212. The summed E-state index contributed by atoms with van der Waals surface area (Å²) < 4.78 is 5.31. The van der Waals surface area contributed by atoms with Crippen LogP contribution in [0.2, 0.25) is 0 Å². The van der Waals surface area contributed by atoms with E-state index in [0.29, 0.717) is 12.8 Å². The maximum absolute atomic E-state index is 11.9. The molecule has 2 atom stereocenters. The highest BCUT2D eigenvalue weighted by atomic mass is 16.8. The first-order chi connectivity index (χ1) is 14.7. The lowest BCUT2D eigenvalue weighted by molar-refractivity contribution is -0.208. The third kappa shape index (κ3) is 15.3. The Morgan fingerprint density at radius 1 is 0.871 bits per heavy atom. The minimum Gasteiger partial charge on any atom is -0.412 e. The van der Waals surface area contributed by atoms with E-state index in [-0.39, 0.29) is 29.7 Å². The number of epoxide rings is 1. The summed E-state index contributed by atoms with van der Waals surface area (Å²) in [5, 5.41) is 1.15. The van der Waals surface area contributed by atoms with Crippen LogP contribution < -0.4 is 0 Å². The number of hydrogen-bond acceptors (Lipinski definition) is 4. The molecule has 31 heavy (non-hydrogen) atoms. The summed E-state index contributed by atoms with van der Waals surface area (Å²) in [7, 11) is 0. The smallest absolute Gasteiger partial charge is 0.332 e. The Bertz CT molecular complexity index is 430. The first-order valence-electron chi connectivity index (χ1n) is 12.9. The number of rotatable bonds is 15. The van der Waals surface area contributed by atoms with Crippen LogP contribution in [0.1, 0.15) is 137 Å². The molecule has 0 aromatic heterocycles. The fourth-order valence-corrected chi connectivity index (χ4v) is 3.61. The molecule has 186 valence electrons. The van der Waals surface area contributed by atoms with Crippen molar-refractivity contribution in [3.8, 4) is 0 Å². The van der Waals surface area contributed by atoms with E-state index in [1.54, 1.807) is 0 Å². The second-order valence-electron chi connectivity index (χ2n) is 7.78. The number of fused-ring (bicyclic) bond motifs is 1. The highest BCUT2D eigenvalue weighted by molar-refractivity contribution is 5.79. The van der Waals surface area contributed by atoms with Crippen LogP contribution in [0.15, 0.2) is 0 Å². The SMILES string of the molecule is CC.CC.CCCCCCCCCCCCCCCC(=O)ON1C(=O)CCC2OC21.O. The molecule has 2 saturated heterocycles. The van der Waals surface area contributed by atoms with Crippen molar-refractivity contribution in [2.24, 2.45) is 0 Å². The lowest BCUT2D eigenvalue weighted by Gasteiger charge is -2.21. The van der Waals surface area contributed by atoms with Crippen molar-refractivity contribution < 1.29 is 24.6 Å². The van der Waals surface area contributed by atoms with Crippen molar-refractivity contribution in [1.82, 2.24) is 5.06 Å². The van der Waals surface area contributed by atoms with Crippen LogP contribution in [0.3, 0.4) is 0 Å². The highest BCUT2D eigenvalue weighted by Crippen LogP contribution is 2.35. The second-order valence-corrected chi connectivity index (χ2v) is 7.78. The topological polar surface area (TPSA) is 90.6 Å². The third-order valence-electron chi connectivity index (χ3n) is 5.36. The van der Waals surface area contributed by atoms with Gasteiger partial charge in [0, 0.05) is 12.8 Å². The molecule has 6 nitrogen and oxygen atoms in total. The van der Waals surface area contributed by atoms with Gasteiger partial charge < -0.3 is 15.1 Å². The molecule has 0 aliphatic carbocycles. The van der Waals surface area contributed by atoms with E-state index >= 15 is 0 Å². The van der Waals surface area contributed by atoms with Crippen molar-refractivity contribution in [3.63, 3.8) is 0 Å².